The molecule has 1 atom stereocenters. The zero-order valence-electron chi connectivity index (χ0n) is 13.5. The molecular formula is C16H18ClN3O4. The van der Waals surface area contributed by atoms with Crippen molar-refractivity contribution in [3.05, 3.63) is 41.0 Å². The maximum atomic E-state index is 12.2. The summed E-state index contributed by atoms with van der Waals surface area (Å²) in [5.74, 6) is -1.11. The molecule has 0 unspecified atom stereocenters. The molecule has 1 heterocycles. The quantitative estimate of drug-likeness (QED) is 0.807. The normalized spacial score (nSPS) is 12.0. The molecule has 0 aliphatic rings. The first-order chi connectivity index (χ1) is 11.3. The van der Waals surface area contributed by atoms with Crippen molar-refractivity contribution in [2.75, 3.05) is 5.32 Å². The Balaban J connectivity index is 2.04. The Hall–Kier alpha value is -2.54. The molecule has 2 rings (SSSR count). The van der Waals surface area contributed by atoms with Crippen LogP contribution in [0.3, 0.4) is 0 Å². The van der Waals surface area contributed by atoms with Gasteiger partial charge in [0.25, 0.3) is 5.91 Å². The zero-order chi connectivity index (χ0) is 17.9. The van der Waals surface area contributed by atoms with Crippen LogP contribution in [0.4, 0.5) is 5.82 Å². The highest BCUT2D eigenvalue weighted by Crippen LogP contribution is 2.23. The number of benzene rings is 1. The number of halogens is 1. The second kappa shape index (κ2) is 7.35. The van der Waals surface area contributed by atoms with Crippen molar-refractivity contribution in [1.29, 1.82) is 0 Å². The van der Waals surface area contributed by atoms with Gasteiger partial charge in [-0.05, 0) is 39.0 Å². The summed E-state index contributed by atoms with van der Waals surface area (Å²) < 4.78 is 6.72. The van der Waals surface area contributed by atoms with E-state index in [2.05, 4.69) is 10.4 Å². The van der Waals surface area contributed by atoms with Gasteiger partial charge in [-0.15, -0.1) is 0 Å². The fourth-order valence-electron chi connectivity index (χ4n) is 2.00. The Morgan fingerprint density at radius 3 is 2.67 bits per heavy atom. The van der Waals surface area contributed by atoms with E-state index in [4.69, 9.17) is 16.3 Å². The summed E-state index contributed by atoms with van der Waals surface area (Å²) in [5.41, 5.74) is -0.102. The second-order valence-electron chi connectivity index (χ2n) is 5.45. The van der Waals surface area contributed by atoms with Crippen LogP contribution in [-0.2, 0) is 9.53 Å². The van der Waals surface area contributed by atoms with Gasteiger partial charge >= 0.3 is 5.97 Å². The molecule has 8 heteroatoms. The first-order valence-corrected chi connectivity index (χ1v) is 7.71. The predicted octanol–water partition coefficient (Wildman–Crippen LogP) is 3.01. The Labute approximate surface area is 144 Å². The van der Waals surface area contributed by atoms with Gasteiger partial charge in [-0.1, -0.05) is 11.6 Å². The number of nitrogens with zero attached hydrogens (tertiary/aromatic N) is 2. The van der Waals surface area contributed by atoms with Crippen LogP contribution in [0.25, 0.3) is 0 Å². The molecule has 2 N–H and O–H groups in total. The number of aromatic nitrogens is 2. The smallest absolute Gasteiger partial charge is 0.342 e. The highest BCUT2D eigenvalue weighted by atomic mass is 35.5. The van der Waals surface area contributed by atoms with Gasteiger partial charge in [-0.25, -0.2) is 9.48 Å². The Kier molecular flexibility index (Phi) is 5.46. The lowest BCUT2D eigenvalue weighted by Gasteiger charge is -2.16. The number of esters is 1. The summed E-state index contributed by atoms with van der Waals surface area (Å²) in [6.07, 6.45) is 0.502. The van der Waals surface area contributed by atoms with Crippen LogP contribution >= 0.6 is 11.6 Å². The van der Waals surface area contributed by atoms with Gasteiger partial charge in [-0.3, -0.25) is 4.79 Å². The largest absolute Gasteiger partial charge is 0.507 e. The molecule has 0 radical (unpaired) electrons. The summed E-state index contributed by atoms with van der Waals surface area (Å²) in [5, 5.41) is 16.7. The van der Waals surface area contributed by atoms with Crippen LogP contribution in [0.5, 0.6) is 5.75 Å². The third-order valence-electron chi connectivity index (χ3n) is 3.24. The number of nitrogens with one attached hydrogen (secondary N) is 1. The second-order valence-corrected chi connectivity index (χ2v) is 5.89. The first kappa shape index (κ1) is 17.8. The molecule has 2 aromatic rings. The van der Waals surface area contributed by atoms with E-state index in [1.165, 1.54) is 25.1 Å². The third kappa shape index (κ3) is 4.05. The number of carbonyl (C=O) groups excluding carboxylic acids is 2. The molecule has 0 spiro atoms. The van der Waals surface area contributed by atoms with E-state index in [1.807, 2.05) is 13.8 Å². The van der Waals surface area contributed by atoms with Gasteiger partial charge in [0.15, 0.2) is 6.10 Å². The number of carbonyl (C=O) groups is 2. The Bertz CT molecular complexity index is 758. The number of phenolic OH excluding ortho intramolecular Hbond substituents is 1. The standard InChI is InChI=1S/C16H18ClN3O4/c1-9(2)20-14(6-7-18-20)19-15(22)10(3)24-16(23)12-8-11(17)4-5-13(12)21/h4-10,21H,1-3H3,(H,19,22)/t10-/m0/s1. The lowest BCUT2D eigenvalue weighted by molar-refractivity contribution is -0.123. The van der Waals surface area contributed by atoms with E-state index >= 15 is 0 Å². The highest BCUT2D eigenvalue weighted by Gasteiger charge is 2.22. The summed E-state index contributed by atoms with van der Waals surface area (Å²) in [6, 6.07) is 5.71. The molecule has 0 aliphatic carbocycles. The fraction of sp³-hybridized carbons (Fsp3) is 0.312. The molecule has 128 valence electrons. The topological polar surface area (TPSA) is 93.5 Å². The van der Waals surface area contributed by atoms with Crippen molar-refractivity contribution in [1.82, 2.24) is 9.78 Å². The molecular weight excluding hydrogens is 334 g/mol. The van der Waals surface area contributed by atoms with Gasteiger partial charge in [0, 0.05) is 17.1 Å². The SMILES string of the molecule is CC(C)n1nccc1NC(=O)[C@H](C)OC(=O)c1cc(Cl)ccc1O. The average Bonchev–Trinajstić information content (AvgIpc) is 2.97. The van der Waals surface area contributed by atoms with Crippen molar-refractivity contribution in [3.8, 4) is 5.75 Å². The van der Waals surface area contributed by atoms with Gasteiger partial charge in [0.2, 0.25) is 0 Å². The summed E-state index contributed by atoms with van der Waals surface area (Å²) in [4.78, 5) is 24.3. The van der Waals surface area contributed by atoms with Gasteiger partial charge in [-0.2, -0.15) is 5.10 Å². The highest BCUT2D eigenvalue weighted by molar-refractivity contribution is 6.31. The van der Waals surface area contributed by atoms with E-state index in [1.54, 1.807) is 16.9 Å². The van der Waals surface area contributed by atoms with Gasteiger partial charge in [0.05, 0.1) is 6.20 Å². The lowest BCUT2D eigenvalue weighted by Crippen LogP contribution is -2.31. The molecule has 0 bridgehead atoms. The number of phenols is 1. The molecule has 0 saturated heterocycles. The number of anilines is 1. The summed E-state index contributed by atoms with van der Waals surface area (Å²) in [6.45, 7) is 5.28. The average molecular weight is 352 g/mol. The monoisotopic (exact) mass is 351 g/mol. The van der Waals surface area contributed by atoms with Crippen LogP contribution in [0, 0.1) is 0 Å². The zero-order valence-corrected chi connectivity index (χ0v) is 14.2. The van der Waals surface area contributed by atoms with Crippen molar-refractivity contribution in [2.45, 2.75) is 32.9 Å². The molecule has 24 heavy (non-hydrogen) atoms. The van der Waals surface area contributed by atoms with Crippen LogP contribution in [0.15, 0.2) is 30.5 Å². The Morgan fingerprint density at radius 1 is 1.29 bits per heavy atom. The number of hydrogen-bond donors (Lipinski definition) is 2. The van der Waals surface area contributed by atoms with Crippen molar-refractivity contribution < 1.29 is 19.4 Å². The number of rotatable bonds is 5. The lowest BCUT2D eigenvalue weighted by atomic mass is 10.2. The van der Waals surface area contributed by atoms with Crippen molar-refractivity contribution in [2.24, 2.45) is 0 Å². The number of hydrogen-bond acceptors (Lipinski definition) is 5. The molecule has 1 aromatic heterocycles. The van der Waals surface area contributed by atoms with Gasteiger partial charge in [0.1, 0.15) is 17.1 Å². The molecule has 1 amide bonds. The molecule has 7 nitrogen and oxygen atoms in total. The van der Waals surface area contributed by atoms with Crippen LogP contribution in [-0.4, -0.2) is 32.9 Å². The van der Waals surface area contributed by atoms with Crippen molar-refractivity contribution in [3.63, 3.8) is 0 Å². The summed E-state index contributed by atoms with van der Waals surface area (Å²) >= 11 is 5.79. The van der Waals surface area contributed by atoms with E-state index < -0.39 is 18.0 Å². The number of aromatic hydroxyl groups is 1. The summed E-state index contributed by atoms with van der Waals surface area (Å²) in [7, 11) is 0. The molecule has 0 saturated carbocycles. The molecule has 0 aliphatic heterocycles. The minimum absolute atomic E-state index is 0.0663. The maximum Gasteiger partial charge on any atom is 0.342 e. The predicted molar refractivity (Wildman–Crippen MR) is 89.2 cm³/mol. The fourth-order valence-corrected chi connectivity index (χ4v) is 2.17. The van der Waals surface area contributed by atoms with E-state index in [0.717, 1.165) is 0 Å². The minimum atomic E-state index is -1.06. The first-order valence-electron chi connectivity index (χ1n) is 7.33. The van der Waals surface area contributed by atoms with Gasteiger partial charge < -0.3 is 15.2 Å². The molecule has 0 fully saturated rings. The number of amides is 1. The van der Waals surface area contributed by atoms with Crippen molar-refractivity contribution >= 4 is 29.3 Å². The third-order valence-corrected chi connectivity index (χ3v) is 3.48. The number of ether oxygens (including phenoxy) is 1. The van der Waals surface area contributed by atoms with Crippen LogP contribution < -0.4 is 5.32 Å². The Morgan fingerprint density at radius 2 is 2.00 bits per heavy atom. The van der Waals surface area contributed by atoms with E-state index in [0.29, 0.717) is 5.82 Å². The van der Waals surface area contributed by atoms with Crippen LogP contribution in [0.2, 0.25) is 5.02 Å². The maximum absolute atomic E-state index is 12.2. The minimum Gasteiger partial charge on any atom is -0.507 e. The van der Waals surface area contributed by atoms with E-state index in [-0.39, 0.29) is 22.4 Å². The van der Waals surface area contributed by atoms with Crippen LogP contribution in [0.1, 0.15) is 37.2 Å². The molecule has 1 aromatic carbocycles. The van der Waals surface area contributed by atoms with E-state index in [9.17, 15) is 14.7 Å².